The van der Waals surface area contributed by atoms with E-state index in [1.54, 1.807) is 24.3 Å². The number of hydrogen-bond acceptors (Lipinski definition) is 3. The van der Waals surface area contributed by atoms with Crippen molar-refractivity contribution in [3.8, 4) is 17.3 Å². The Bertz CT molecular complexity index is 598. The summed E-state index contributed by atoms with van der Waals surface area (Å²) in [6.45, 7) is 0. The van der Waals surface area contributed by atoms with Crippen LogP contribution in [0, 0.1) is 0 Å². The van der Waals surface area contributed by atoms with E-state index in [1.165, 1.54) is 0 Å². The van der Waals surface area contributed by atoms with Gasteiger partial charge in [-0.05, 0) is 28.1 Å². The highest BCUT2D eigenvalue weighted by Gasteiger charge is 2.08. The quantitative estimate of drug-likeness (QED) is 0.850. The third-order valence-corrected chi connectivity index (χ3v) is 2.89. The van der Waals surface area contributed by atoms with Gasteiger partial charge in [-0.2, -0.15) is 4.98 Å². The van der Waals surface area contributed by atoms with Crippen molar-refractivity contribution in [2.45, 2.75) is 0 Å². The van der Waals surface area contributed by atoms with Gasteiger partial charge in [0.05, 0.1) is 0 Å². The van der Waals surface area contributed by atoms with E-state index < -0.39 is 5.56 Å². The number of aromatic hydroxyl groups is 1. The first-order valence-corrected chi connectivity index (χ1v) is 5.50. The molecule has 2 aromatic rings. The Balaban J connectivity index is 2.61. The lowest BCUT2D eigenvalue weighted by Gasteiger charge is -2.02. The van der Waals surface area contributed by atoms with Crippen LogP contribution in [-0.4, -0.2) is 15.1 Å². The zero-order chi connectivity index (χ0) is 11.7. The maximum atomic E-state index is 11.4. The zero-order valence-electron chi connectivity index (χ0n) is 7.87. The lowest BCUT2D eigenvalue weighted by molar-refractivity contribution is 0.448. The zero-order valence-corrected chi connectivity index (χ0v) is 10.2. The molecule has 0 unspecified atom stereocenters. The monoisotopic (exact) mass is 300 g/mol. The van der Waals surface area contributed by atoms with Crippen LogP contribution in [0.5, 0.6) is 5.88 Å². The van der Waals surface area contributed by atoms with Gasteiger partial charge in [-0.3, -0.25) is 4.79 Å². The van der Waals surface area contributed by atoms with Gasteiger partial charge in [0, 0.05) is 10.6 Å². The highest BCUT2D eigenvalue weighted by atomic mass is 79.9. The summed E-state index contributed by atoms with van der Waals surface area (Å²) >= 11 is 8.73. The first kappa shape index (κ1) is 11.2. The van der Waals surface area contributed by atoms with Crippen molar-refractivity contribution in [3.05, 3.63) is 44.1 Å². The third-order valence-electron chi connectivity index (χ3n) is 1.94. The van der Waals surface area contributed by atoms with Gasteiger partial charge in [-0.25, -0.2) is 0 Å². The number of halogens is 2. The van der Waals surface area contributed by atoms with Gasteiger partial charge in [-0.15, -0.1) is 0 Å². The number of rotatable bonds is 1. The molecule has 0 aliphatic carbocycles. The standard InChI is InChI=1S/C10H6BrClN2O2/c11-7-9(15)13-8(14-10(7)16)5-2-1-3-6(12)4-5/h1-4H,(H2,13,14,15,16). The van der Waals surface area contributed by atoms with Gasteiger partial charge in [0.15, 0.2) is 0 Å². The van der Waals surface area contributed by atoms with Crippen LogP contribution in [-0.2, 0) is 0 Å². The minimum atomic E-state index is -0.442. The van der Waals surface area contributed by atoms with Gasteiger partial charge < -0.3 is 10.1 Å². The Morgan fingerprint density at radius 3 is 2.81 bits per heavy atom. The fourth-order valence-electron chi connectivity index (χ4n) is 1.22. The minimum absolute atomic E-state index is 0.0123. The lowest BCUT2D eigenvalue weighted by atomic mass is 10.2. The smallest absolute Gasteiger partial charge is 0.269 e. The van der Waals surface area contributed by atoms with Crippen molar-refractivity contribution in [1.82, 2.24) is 9.97 Å². The summed E-state index contributed by atoms with van der Waals surface area (Å²) in [7, 11) is 0. The molecule has 1 aromatic carbocycles. The molecule has 0 bridgehead atoms. The summed E-state index contributed by atoms with van der Waals surface area (Å²) in [4.78, 5) is 17.8. The first-order valence-electron chi connectivity index (χ1n) is 4.32. The van der Waals surface area contributed by atoms with Crippen LogP contribution in [0.2, 0.25) is 5.02 Å². The molecule has 6 heteroatoms. The summed E-state index contributed by atoms with van der Waals surface area (Å²) in [5.41, 5.74) is 0.190. The molecule has 0 fully saturated rings. The van der Waals surface area contributed by atoms with Gasteiger partial charge >= 0.3 is 0 Å². The maximum Gasteiger partial charge on any atom is 0.269 e. The van der Waals surface area contributed by atoms with Crippen molar-refractivity contribution in [3.63, 3.8) is 0 Å². The Morgan fingerprint density at radius 2 is 2.19 bits per heavy atom. The van der Waals surface area contributed by atoms with Crippen molar-refractivity contribution in [1.29, 1.82) is 0 Å². The van der Waals surface area contributed by atoms with Crippen molar-refractivity contribution < 1.29 is 5.11 Å². The Hall–Kier alpha value is -1.33. The van der Waals surface area contributed by atoms with Crippen LogP contribution in [0.3, 0.4) is 0 Å². The van der Waals surface area contributed by atoms with Gasteiger partial charge in [0.2, 0.25) is 5.88 Å². The number of nitrogens with one attached hydrogen (secondary N) is 1. The molecule has 0 amide bonds. The van der Waals surface area contributed by atoms with Gasteiger partial charge in [-0.1, -0.05) is 23.7 Å². The number of aromatic amines is 1. The Labute approximate surface area is 104 Å². The summed E-state index contributed by atoms with van der Waals surface area (Å²) in [5, 5.41) is 9.93. The average Bonchev–Trinajstić information content (AvgIpc) is 2.25. The highest BCUT2D eigenvalue weighted by molar-refractivity contribution is 9.10. The van der Waals surface area contributed by atoms with E-state index >= 15 is 0 Å². The summed E-state index contributed by atoms with van der Waals surface area (Å²) in [6.07, 6.45) is 0. The van der Waals surface area contributed by atoms with Crippen LogP contribution in [0.1, 0.15) is 0 Å². The van der Waals surface area contributed by atoms with E-state index in [-0.39, 0.29) is 16.2 Å². The molecular weight excluding hydrogens is 295 g/mol. The van der Waals surface area contributed by atoms with Crippen molar-refractivity contribution in [2.75, 3.05) is 0 Å². The summed E-state index contributed by atoms with van der Waals surface area (Å²) in [6, 6.07) is 6.82. The van der Waals surface area contributed by atoms with E-state index in [9.17, 15) is 9.90 Å². The largest absolute Gasteiger partial charge is 0.492 e. The number of benzene rings is 1. The van der Waals surface area contributed by atoms with Crippen LogP contribution in [0.4, 0.5) is 0 Å². The van der Waals surface area contributed by atoms with Crippen LogP contribution < -0.4 is 5.56 Å². The lowest BCUT2D eigenvalue weighted by Crippen LogP contribution is -2.09. The molecule has 0 radical (unpaired) electrons. The molecule has 0 aliphatic rings. The molecule has 82 valence electrons. The molecule has 0 atom stereocenters. The fourth-order valence-corrected chi connectivity index (χ4v) is 1.60. The molecule has 2 N–H and O–H groups in total. The van der Waals surface area contributed by atoms with Crippen LogP contribution in [0.25, 0.3) is 11.4 Å². The molecule has 2 rings (SSSR count). The topological polar surface area (TPSA) is 66.0 Å². The van der Waals surface area contributed by atoms with E-state index in [1.807, 2.05) is 0 Å². The molecule has 4 nitrogen and oxygen atoms in total. The molecule has 0 saturated carbocycles. The molecule has 1 aromatic heterocycles. The number of aromatic nitrogens is 2. The van der Waals surface area contributed by atoms with E-state index in [0.29, 0.717) is 10.6 Å². The molecule has 16 heavy (non-hydrogen) atoms. The normalized spacial score (nSPS) is 10.4. The third kappa shape index (κ3) is 2.10. The Kier molecular flexibility index (Phi) is 2.98. The second kappa shape index (κ2) is 4.27. The average molecular weight is 302 g/mol. The predicted molar refractivity (Wildman–Crippen MR) is 64.7 cm³/mol. The fraction of sp³-hybridized carbons (Fsp3) is 0. The second-order valence-corrected chi connectivity index (χ2v) is 4.29. The van der Waals surface area contributed by atoms with E-state index in [2.05, 4.69) is 25.9 Å². The second-order valence-electron chi connectivity index (χ2n) is 3.06. The number of nitrogens with zero attached hydrogens (tertiary/aromatic N) is 1. The van der Waals surface area contributed by atoms with Crippen molar-refractivity contribution >= 4 is 27.5 Å². The Morgan fingerprint density at radius 1 is 1.44 bits per heavy atom. The predicted octanol–water partition coefficient (Wildman–Crippen LogP) is 2.56. The van der Waals surface area contributed by atoms with E-state index in [0.717, 1.165) is 0 Å². The van der Waals surface area contributed by atoms with Gasteiger partial charge in [0.25, 0.3) is 5.56 Å². The van der Waals surface area contributed by atoms with Crippen LogP contribution in [0.15, 0.2) is 33.5 Å². The van der Waals surface area contributed by atoms with Crippen molar-refractivity contribution in [2.24, 2.45) is 0 Å². The maximum absolute atomic E-state index is 11.4. The SMILES string of the molecule is O=c1[nH]c(-c2cccc(Cl)c2)nc(O)c1Br. The van der Waals surface area contributed by atoms with E-state index in [4.69, 9.17) is 11.6 Å². The molecular formula is C10H6BrClN2O2. The van der Waals surface area contributed by atoms with Gasteiger partial charge in [0.1, 0.15) is 10.3 Å². The first-order chi connectivity index (χ1) is 7.58. The number of H-pyrrole nitrogens is 1. The highest BCUT2D eigenvalue weighted by Crippen LogP contribution is 2.22. The molecule has 0 saturated heterocycles. The van der Waals surface area contributed by atoms with Crippen LogP contribution >= 0.6 is 27.5 Å². The summed E-state index contributed by atoms with van der Waals surface area (Å²) in [5.74, 6) is -0.0769. The summed E-state index contributed by atoms with van der Waals surface area (Å²) < 4.78 is 0.0123. The minimum Gasteiger partial charge on any atom is -0.492 e. The molecule has 1 heterocycles. The number of hydrogen-bond donors (Lipinski definition) is 2. The molecule has 0 spiro atoms. The molecule has 0 aliphatic heterocycles.